The van der Waals surface area contributed by atoms with Gasteiger partial charge in [-0.15, -0.1) is 0 Å². The lowest BCUT2D eigenvalue weighted by Crippen LogP contribution is -1.99. The fraction of sp³-hybridized carbons (Fsp3) is 0.261. The molecule has 2 aromatic carbocycles. The fourth-order valence-electron chi connectivity index (χ4n) is 2.90. The number of carbonyl (C=O) groups is 1. The number of methoxy groups -OCH3 is 3. The van der Waals surface area contributed by atoms with Crippen LogP contribution >= 0.6 is 0 Å². The molecule has 0 atom stereocenters. The molecule has 3 rings (SSSR count). The second kappa shape index (κ2) is 8.73. The molecule has 1 aliphatic heterocycles. The number of ether oxygens (including phenoxy) is 5. The Bertz CT molecular complexity index is 958. The summed E-state index contributed by atoms with van der Waals surface area (Å²) in [5.41, 5.74) is 2.36. The Kier molecular flexibility index (Phi) is 6.12. The highest BCUT2D eigenvalue weighted by Crippen LogP contribution is 2.40. The van der Waals surface area contributed by atoms with Gasteiger partial charge in [0.25, 0.3) is 0 Å². The topological polar surface area (TPSA) is 63.2 Å². The van der Waals surface area contributed by atoms with Gasteiger partial charge >= 0.3 is 0 Å². The van der Waals surface area contributed by atoms with Crippen molar-refractivity contribution in [3.05, 3.63) is 58.9 Å². The summed E-state index contributed by atoms with van der Waals surface area (Å²) in [6.45, 7) is 4.48. The van der Waals surface area contributed by atoms with Crippen LogP contribution in [0, 0.1) is 0 Å². The van der Waals surface area contributed by atoms with Crippen LogP contribution in [0.2, 0.25) is 0 Å². The molecule has 29 heavy (non-hydrogen) atoms. The summed E-state index contributed by atoms with van der Waals surface area (Å²) in [7, 11) is 4.62. The van der Waals surface area contributed by atoms with Crippen LogP contribution in [0.4, 0.5) is 0 Å². The summed E-state index contributed by atoms with van der Waals surface area (Å²) in [5.74, 6) is 2.62. The first-order valence-corrected chi connectivity index (χ1v) is 9.11. The van der Waals surface area contributed by atoms with Gasteiger partial charge in [0.05, 0.1) is 26.9 Å². The molecule has 0 bridgehead atoms. The van der Waals surface area contributed by atoms with E-state index in [-0.39, 0.29) is 11.5 Å². The molecule has 0 radical (unpaired) electrons. The van der Waals surface area contributed by atoms with Gasteiger partial charge in [0, 0.05) is 6.07 Å². The second-order valence-electron chi connectivity index (χ2n) is 6.65. The maximum absolute atomic E-state index is 12.7. The zero-order valence-electron chi connectivity index (χ0n) is 17.2. The lowest BCUT2D eigenvalue weighted by Gasteiger charge is -2.13. The number of hydrogen-bond donors (Lipinski definition) is 0. The third-order valence-corrected chi connectivity index (χ3v) is 4.37. The fourth-order valence-corrected chi connectivity index (χ4v) is 2.90. The Morgan fingerprint density at radius 2 is 1.69 bits per heavy atom. The molecule has 0 N–H and O–H groups in total. The number of benzene rings is 2. The molecule has 0 amide bonds. The van der Waals surface area contributed by atoms with Crippen LogP contribution in [-0.4, -0.2) is 33.7 Å². The Morgan fingerprint density at radius 3 is 2.28 bits per heavy atom. The van der Waals surface area contributed by atoms with Crippen molar-refractivity contribution in [1.29, 1.82) is 0 Å². The Labute approximate surface area is 170 Å². The maximum Gasteiger partial charge on any atom is 0.231 e. The number of Topliss-reactive ketones (excluding diaryl/α,β-unsaturated/α-hetero) is 1. The molecule has 0 fully saturated rings. The minimum atomic E-state index is -0.190. The normalized spacial score (nSPS) is 13.6. The maximum atomic E-state index is 12.7. The van der Waals surface area contributed by atoms with E-state index in [4.69, 9.17) is 23.7 Å². The molecule has 1 heterocycles. The molecular formula is C23H24O6. The molecule has 6 heteroatoms. The summed E-state index contributed by atoms with van der Waals surface area (Å²) >= 11 is 0. The largest absolute Gasteiger partial charge is 0.493 e. The van der Waals surface area contributed by atoms with Crippen molar-refractivity contribution in [2.45, 2.75) is 13.8 Å². The summed E-state index contributed by atoms with van der Waals surface area (Å²) in [4.78, 5) is 12.7. The van der Waals surface area contributed by atoms with E-state index < -0.39 is 0 Å². The quantitative estimate of drug-likeness (QED) is 0.500. The molecule has 0 saturated carbocycles. The van der Waals surface area contributed by atoms with E-state index in [1.54, 1.807) is 36.4 Å². The highest BCUT2D eigenvalue weighted by molar-refractivity contribution is 6.14. The van der Waals surface area contributed by atoms with Crippen LogP contribution < -0.4 is 23.7 Å². The van der Waals surface area contributed by atoms with Gasteiger partial charge in [0.15, 0.2) is 17.3 Å². The lowest BCUT2D eigenvalue weighted by molar-refractivity contribution is 0.101. The number of carbonyl (C=O) groups excluding carboxylic acids is 1. The van der Waals surface area contributed by atoms with Gasteiger partial charge in [-0.2, -0.15) is 0 Å². The van der Waals surface area contributed by atoms with Gasteiger partial charge in [-0.3, -0.25) is 4.79 Å². The predicted molar refractivity (Wildman–Crippen MR) is 110 cm³/mol. The minimum absolute atomic E-state index is 0.190. The van der Waals surface area contributed by atoms with Crippen molar-refractivity contribution in [1.82, 2.24) is 0 Å². The second-order valence-corrected chi connectivity index (χ2v) is 6.65. The van der Waals surface area contributed by atoms with Crippen molar-refractivity contribution in [2.75, 3.05) is 27.9 Å². The van der Waals surface area contributed by atoms with Gasteiger partial charge in [-0.25, -0.2) is 0 Å². The van der Waals surface area contributed by atoms with E-state index >= 15 is 0 Å². The average molecular weight is 396 g/mol. The first kappa shape index (κ1) is 20.3. The molecule has 0 unspecified atom stereocenters. The number of fused-ring (bicyclic) bond motifs is 1. The van der Waals surface area contributed by atoms with Gasteiger partial charge in [-0.1, -0.05) is 5.57 Å². The molecule has 0 spiro atoms. The minimum Gasteiger partial charge on any atom is -0.493 e. The SMILES string of the molecule is COc1cc(/C=C2\Oc3cc(OCC=C(C)C)ccc3C2=O)cc(OC)c1OC. The van der Waals surface area contributed by atoms with Crippen molar-refractivity contribution in [3.63, 3.8) is 0 Å². The van der Waals surface area contributed by atoms with E-state index in [1.165, 1.54) is 26.9 Å². The lowest BCUT2D eigenvalue weighted by atomic mass is 10.1. The molecule has 0 aromatic heterocycles. The highest BCUT2D eigenvalue weighted by atomic mass is 16.5. The van der Waals surface area contributed by atoms with Gasteiger partial charge in [0.1, 0.15) is 18.1 Å². The molecule has 1 aliphatic rings. The first-order chi connectivity index (χ1) is 14.0. The summed E-state index contributed by atoms with van der Waals surface area (Å²) in [6.07, 6.45) is 3.63. The molecule has 0 saturated heterocycles. The Balaban J connectivity index is 1.88. The summed E-state index contributed by atoms with van der Waals surface area (Å²) in [5, 5.41) is 0. The Hall–Kier alpha value is -3.41. The molecule has 0 aliphatic carbocycles. The first-order valence-electron chi connectivity index (χ1n) is 9.11. The van der Waals surface area contributed by atoms with Crippen molar-refractivity contribution < 1.29 is 28.5 Å². The van der Waals surface area contributed by atoms with Gasteiger partial charge in [-0.05, 0) is 55.8 Å². The summed E-state index contributed by atoms with van der Waals surface area (Å²) < 4.78 is 27.5. The molecular weight excluding hydrogens is 372 g/mol. The van der Waals surface area contributed by atoms with Crippen molar-refractivity contribution in [2.24, 2.45) is 0 Å². The van der Waals surface area contributed by atoms with Crippen LogP contribution in [-0.2, 0) is 0 Å². The average Bonchev–Trinajstić information content (AvgIpc) is 3.01. The van der Waals surface area contributed by atoms with Crippen LogP contribution in [0.1, 0.15) is 29.8 Å². The number of allylic oxidation sites excluding steroid dienone is 2. The van der Waals surface area contributed by atoms with Crippen LogP contribution in [0.15, 0.2) is 47.7 Å². The monoisotopic (exact) mass is 396 g/mol. The molecule has 6 nitrogen and oxygen atoms in total. The smallest absolute Gasteiger partial charge is 0.231 e. The van der Waals surface area contributed by atoms with E-state index in [0.717, 1.165) is 0 Å². The third-order valence-electron chi connectivity index (χ3n) is 4.37. The summed E-state index contributed by atoms with van der Waals surface area (Å²) in [6, 6.07) is 8.71. The Morgan fingerprint density at radius 1 is 1.00 bits per heavy atom. The molecule has 152 valence electrons. The highest BCUT2D eigenvalue weighted by Gasteiger charge is 2.28. The zero-order chi connectivity index (χ0) is 21.0. The van der Waals surface area contributed by atoms with E-state index in [1.807, 2.05) is 19.9 Å². The van der Waals surface area contributed by atoms with Crippen molar-refractivity contribution >= 4 is 11.9 Å². The number of rotatable bonds is 7. The van der Waals surface area contributed by atoms with Crippen LogP contribution in [0.25, 0.3) is 6.08 Å². The van der Waals surface area contributed by atoms with Gasteiger partial charge < -0.3 is 23.7 Å². The van der Waals surface area contributed by atoms with E-state index in [9.17, 15) is 4.79 Å². The van der Waals surface area contributed by atoms with Crippen LogP contribution in [0.3, 0.4) is 0 Å². The van der Waals surface area contributed by atoms with E-state index in [0.29, 0.717) is 46.5 Å². The van der Waals surface area contributed by atoms with Crippen molar-refractivity contribution in [3.8, 4) is 28.7 Å². The van der Waals surface area contributed by atoms with E-state index in [2.05, 4.69) is 0 Å². The predicted octanol–water partition coefficient (Wildman–Crippen LogP) is 4.67. The molecule has 2 aromatic rings. The van der Waals surface area contributed by atoms with Crippen LogP contribution in [0.5, 0.6) is 28.7 Å². The number of ketones is 1. The van der Waals surface area contributed by atoms with Gasteiger partial charge in [0.2, 0.25) is 11.5 Å². The standard InChI is InChI=1S/C23H24O6/c1-14(2)8-9-28-16-6-7-17-18(13-16)29-19(22(17)24)10-15-11-20(25-3)23(27-5)21(12-15)26-4/h6-8,10-13H,9H2,1-5H3/b19-10-. The zero-order valence-corrected chi connectivity index (χ0v) is 17.2. The third kappa shape index (κ3) is 4.37. The number of hydrogen-bond acceptors (Lipinski definition) is 6.